The van der Waals surface area contributed by atoms with Gasteiger partial charge in [0.05, 0.1) is 4.88 Å². The van der Waals surface area contributed by atoms with Gasteiger partial charge in [-0.3, -0.25) is 0 Å². The lowest BCUT2D eigenvalue weighted by molar-refractivity contribution is -0.130. The first-order valence-electron chi connectivity index (χ1n) is 2.68. The van der Waals surface area contributed by atoms with E-state index in [-0.39, 0.29) is 0 Å². The van der Waals surface area contributed by atoms with Gasteiger partial charge in [0.2, 0.25) is 0 Å². The lowest BCUT2D eigenvalue weighted by Crippen LogP contribution is -1.86. The van der Waals surface area contributed by atoms with Gasteiger partial charge in [-0.1, -0.05) is 0 Å². The zero-order valence-corrected chi connectivity index (χ0v) is 8.27. The molecule has 0 spiro atoms. The van der Waals surface area contributed by atoms with E-state index >= 15 is 0 Å². The molecule has 1 N–H and O–H groups in total. The fraction of sp³-hybridized carbons (Fsp3) is 0. The summed E-state index contributed by atoms with van der Waals surface area (Å²) in [6, 6.07) is 1.90. The van der Waals surface area contributed by atoms with Crippen molar-refractivity contribution in [3.63, 3.8) is 0 Å². The van der Waals surface area contributed by atoms with Crippen LogP contribution in [-0.2, 0) is 4.79 Å². The van der Waals surface area contributed by atoms with Crippen LogP contribution in [0.4, 0.5) is 0 Å². The maximum atomic E-state index is 10.0. The number of hydrogen-bond acceptors (Lipinski definition) is 2. The van der Waals surface area contributed by atoms with Crippen LogP contribution in [0.2, 0.25) is 0 Å². The molecule has 0 unspecified atom stereocenters. The molecule has 1 aromatic heterocycles. The molecule has 0 fully saturated rings. The van der Waals surface area contributed by atoms with Gasteiger partial charge in [-0.2, -0.15) is 0 Å². The average Bonchev–Trinajstić information content (AvgIpc) is 2.31. The molecule has 0 saturated heterocycles. The SMILES string of the molecule is O=C(O)C#Cc1sccc1I. The monoisotopic (exact) mass is 278 g/mol. The number of carbonyl (C=O) groups is 1. The van der Waals surface area contributed by atoms with Crippen molar-refractivity contribution in [2.75, 3.05) is 0 Å². The molecule has 0 amide bonds. The molecule has 1 rings (SSSR count). The Kier molecular flexibility index (Phi) is 2.91. The standard InChI is InChI=1S/C7H3IO2S/c8-5-3-4-11-6(5)1-2-7(9)10/h3-4H,(H,9,10). The third kappa shape index (κ3) is 2.52. The molecule has 1 aromatic rings. The molecule has 0 aliphatic carbocycles. The molecule has 0 bridgehead atoms. The van der Waals surface area contributed by atoms with Gasteiger partial charge >= 0.3 is 5.97 Å². The molecule has 0 saturated carbocycles. The van der Waals surface area contributed by atoms with Crippen molar-refractivity contribution in [1.29, 1.82) is 0 Å². The Balaban J connectivity index is 2.90. The van der Waals surface area contributed by atoms with Crippen LogP contribution in [0, 0.1) is 15.4 Å². The number of carboxylic acid groups (broad SMARTS) is 1. The van der Waals surface area contributed by atoms with Gasteiger partial charge in [0, 0.05) is 9.49 Å². The van der Waals surface area contributed by atoms with Gasteiger partial charge in [0.15, 0.2) is 0 Å². The predicted molar refractivity (Wildman–Crippen MR) is 51.5 cm³/mol. The van der Waals surface area contributed by atoms with E-state index in [4.69, 9.17) is 5.11 Å². The molecule has 56 valence electrons. The number of thiophene rings is 1. The highest BCUT2D eigenvalue weighted by Gasteiger charge is 1.95. The van der Waals surface area contributed by atoms with Crippen molar-refractivity contribution < 1.29 is 9.90 Å². The topological polar surface area (TPSA) is 37.3 Å². The van der Waals surface area contributed by atoms with E-state index in [0.717, 1.165) is 8.45 Å². The van der Waals surface area contributed by atoms with Crippen molar-refractivity contribution in [1.82, 2.24) is 0 Å². The zero-order valence-electron chi connectivity index (χ0n) is 5.30. The third-order valence-corrected chi connectivity index (χ3v) is 2.99. The fourth-order valence-corrected chi connectivity index (χ4v) is 2.06. The van der Waals surface area contributed by atoms with E-state index in [2.05, 4.69) is 34.4 Å². The molecular weight excluding hydrogens is 275 g/mol. The Labute approximate surface area is 81.4 Å². The van der Waals surface area contributed by atoms with Crippen LogP contribution in [0.3, 0.4) is 0 Å². The quantitative estimate of drug-likeness (QED) is 0.580. The van der Waals surface area contributed by atoms with Gasteiger partial charge in [-0.05, 0) is 40.0 Å². The van der Waals surface area contributed by atoms with Crippen LogP contribution in [0.15, 0.2) is 11.4 Å². The van der Waals surface area contributed by atoms with E-state index in [1.165, 1.54) is 11.3 Å². The molecule has 0 aliphatic rings. The third-order valence-electron chi connectivity index (χ3n) is 0.900. The Morgan fingerprint density at radius 2 is 2.45 bits per heavy atom. The minimum absolute atomic E-state index is 0.813. The fourth-order valence-electron chi connectivity index (χ4n) is 0.493. The number of halogens is 1. The smallest absolute Gasteiger partial charge is 0.382 e. The molecule has 4 heteroatoms. The first kappa shape index (κ1) is 8.56. The summed E-state index contributed by atoms with van der Waals surface area (Å²) >= 11 is 3.56. The first-order valence-corrected chi connectivity index (χ1v) is 4.64. The van der Waals surface area contributed by atoms with Crippen LogP contribution in [0.1, 0.15) is 4.88 Å². The second-order valence-electron chi connectivity index (χ2n) is 1.65. The summed E-state index contributed by atoms with van der Waals surface area (Å²) in [6.07, 6.45) is 0. The van der Waals surface area contributed by atoms with Gasteiger partial charge in [-0.15, -0.1) is 11.3 Å². The molecule has 1 heterocycles. The van der Waals surface area contributed by atoms with Crippen molar-refractivity contribution in [2.45, 2.75) is 0 Å². The van der Waals surface area contributed by atoms with Crippen molar-refractivity contribution in [2.24, 2.45) is 0 Å². The predicted octanol–water partition coefficient (Wildman–Crippen LogP) is 1.79. The maximum absolute atomic E-state index is 10.0. The number of rotatable bonds is 0. The van der Waals surface area contributed by atoms with E-state index in [0.29, 0.717) is 0 Å². The van der Waals surface area contributed by atoms with E-state index in [1.807, 2.05) is 11.4 Å². The van der Waals surface area contributed by atoms with Crippen molar-refractivity contribution in [3.05, 3.63) is 19.9 Å². The van der Waals surface area contributed by atoms with E-state index < -0.39 is 5.97 Å². The zero-order chi connectivity index (χ0) is 8.27. The molecule has 2 nitrogen and oxygen atoms in total. The van der Waals surface area contributed by atoms with Crippen LogP contribution in [0.25, 0.3) is 0 Å². The summed E-state index contributed by atoms with van der Waals surface area (Å²) < 4.78 is 1.00. The summed E-state index contributed by atoms with van der Waals surface area (Å²) in [5, 5.41) is 10.1. The van der Waals surface area contributed by atoms with Gasteiger partial charge in [0.25, 0.3) is 0 Å². The van der Waals surface area contributed by atoms with E-state index in [1.54, 1.807) is 0 Å². The van der Waals surface area contributed by atoms with Gasteiger partial charge < -0.3 is 5.11 Å². The Bertz CT molecular complexity index is 332. The average molecular weight is 278 g/mol. The first-order chi connectivity index (χ1) is 5.20. The molecule has 0 aromatic carbocycles. The van der Waals surface area contributed by atoms with Crippen molar-refractivity contribution >= 4 is 39.9 Å². The largest absolute Gasteiger partial charge is 0.472 e. The van der Waals surface area contributed by atoms with E-state index in [9.17, 15) is 4.79 Å². The minimum Gasteiger partial charge on any atom is -0.472 e. The van der Waals surface area contributed by atoms with Crippen LogP contribution in [0.5, 0.6) is 0 Å². The van der Waals surface area contributed by atoms with Crippen molar-refractivity contribution in [3.8, 4) is 11.8 Å². The van der Waals surface area contributed by atoms with Crippen LogP contribution in [-0.4, -0.2) is 11.1 Å². The second kappa shape index (κ2) is 3.74. The Morgan fingerprint density at radius 3 is 2.91 bits per heavy atom. The molecular formula is C7H3IO2S. The number of aliphatic carboxylic acids is 1. The Morgan fingerprint density at radius 1 is 1.73 bits per heavy atom. The van der Waals surface area contributed by atoms with Crippen LogP contribution >= 0.6 is 33.9 Å². The summed E-state index contributed by atoms with van der Waals surface area (Å²) in [5.41, 5.74) is 0. The number of carboxylic acids is 1. The summed E-state index contributed by atoms with van der Waals surface area (Å²) in [6.45, 7) is 0. The lowest BCUT2D eigenvalue weighted by atomic mass is 10.4. The minimum atomic E-state index is -1.09. The van der Waals surface area contributed by atoms with Gasteiger partial charge in [-0.25, -0.2) is 4.79 Å². The molecule has 0 radical (unpaired) electrons. The molecule has 0 atom stereocenters. The normalized spacial score (nSPS) is 8.45. The van der Waals surface area contributed by atoms with Crippen LogP contribution < -0.4 is 0 Å². The lowest BCUT2D eigenvalue weighted by Gasteiger charge is -1.79. The Hall–Kier alpha value is -0.540. The summed E-state index contributed by atoms with van der Waals surface area (Å²) in [7, 11) is 0. The highest BCUT2D eigenvalue weighted by Crippen LogP contribution is 2.16. The highest BCUT2D eigenvalue weighted by molar-refractivity contribution is 14.1. The summed E-state index contributed by atoms with van der Waals surface area (Å²) in [4.78, 5) is 10.8. The molecule has 11 heavy (non-hydrogen) atoms. The van der Waals surface area contributed by atoms with Gasteiger partial charge in [0.1, 0.15) is 0 Å². The second-order valence-corrected chi connectivity index (χ2v) is 3.73. The summed E-state index contributed by atoms with van der Waals surface area (Å²) in [5.74, 6) is 3.53. The molecule has 0 aliphatic heterocycles. The highest BCUT2D eigenvalue weighted by atomic mass is 127. The maximum Gasteiger partial charge on any atom is 0.382 e. The number of hydrogen-bond donors (Lipinski definition) is 1.